The van der Waals surface area contributed by atoms with E-state index in [4.69, 9.17) is 0 Å². The highest BCUT2D eigenvalue weighted by molar-refractivity contribution is 5.67. The number of nitrogens with zero attached hydrogens (tertiary/aromatic N) is 2. The van der Waals surface area contributed by atoms with Crippen LogP contribution in [0, 0.1) is 0 Å². The third-order valence-corrected chi connectivity index (χ3v) is 1.20. The maximum atomic E-state index is 10.6. The van der Waals surface area contributed by atoms with Gasteiger partial charge in [-0.3, -0.25) is 4.98 Å². The molecule has 0 bridgehead atoms. The van der Waals surface area contributed by atoms with Crippen molar-refractivity contribution in [2.45, 2.75) is 0 Å². The number of rotatable bonds is 0. The molecule has 0 spiro atoms. The molecule has 0 unspecified atom stereocenters. The molecule has 0 aromatic carbocycles. The third kappa shape index (κ3) is 0.604. The average Bonchev–Trinajstić information content (AvgIpc) is 2.27. The zero-order valence-electron chi connectivity index (χ0n) is 4.96. The van der Waals surface area contributed by atoms with E-state index in [0.717, 1.165) is 0 Å². The van der Waals surface area contributed by atoms with Crippen LogP contribution in [0.15, 0.2) is 17.1 Å². The standard InChI is InChI=1S/C5H4N4O/c10-5-7-3-1-2-6-9-4(3)8-5/h1-2H,(H2,7,8,9,10). The van der Waals surface area contributed by atoms with Crippen molar-refractivity contribution in [1.82, 2.24) is 20.2 Å². The minimum atomic E-state index is -0.254. The minimum Gasteiger partial charge on any atom is -0.304 e. The van der Waals surface area contributed by atoms with Crippen molar-refractivity contribution < 1.29 is 0 Å². The van der Waals surface area contributed by atoms with Crippen molar-refractivity contribution in [1.29, 1.82) is 0 Å². The molecule has 0 aliphatic rings. The molecule has 2 N–H and O–H groups in total. The van der Waals surface area contributed by atoms with Crippen LogP contribution >= 0.6 is 0 Å². The molecule has 0 saturated carbocycles. The maximum Gasteiger partial charge on any atom is 0.325 e. The highest BCUT2D eigenvalue weighted by Gasteiger charge is 1.94. The SMILES string of the molecule is O=c1[nH]c2ccnnc2[nH]1. The Labute approximate surface area is 55.1 Å². The van der Waals surface area contributed by atoms with E-state index < -0.39 is 0 Å². The first-order valence-corrected chi connectivity index (χ1v) is 2.76. The molecule has 2 rings (SSSR count). The van der Waals surface area contributed by atoms with Crippen LogP contribution in [0.3, 0.4) is 0 Å². The monoisotopic (exact) mass is 136 g/mol. The van der Waals surface area contributed by atoms with Gasteiger partial charge in [0.05, 0.1) is 11.7 Å². The molecule has 0 saturated heterocycles. The van der Waals surface area contributed by atoms with E-state index in [-0.39, 0.29) is 5.69 Å². The van der Waals surface area contributed by atoms with Crippen LogP contribution in [-0.4, -0.2) is 20.2 Å². The molecule has 5 nitrogen and oxygen atoms in total. The lowest BCUT2D eigenvalue weighted by molar-refractivity contribution is 1.05. The fraction of sp³-hybridized carbons (Fsp3) is 0. The number of fused-ring (bicyclic) bond motifs is 1. The molecule has 0 aliphatic heterocycles. The van der Waals surface area contributed by atoms with Gasteiger partial charge in [0, 0.05) is 0 Å². The zero-order valence-corrected chi connectivity index (χ0v) is 4.96. The molecule has 2 aromatic heterocycles. The van der Waals surface area contributed by atoms with E-state index in [0.29, 0.717) is 11.2 Å². The predicted octanol–water partition coefficient (Wildman–Crippen LogP) is -0.354. The lowest BCUT2D eigenvalue weighted by atomic mass is 10.5. The molecular weight excluding hydrogens is 132 g/mol. The number of H-pyrrole nitrogens is 2. The van der Waals surface area contributed by atoms with Gasteiger partial charge in [0.2, 0.25) is 0 Å². The van der Waals surface area contributed by atoms with Gasteiger partial charge in [0.25, 0.3) is 0 Å². The molecular formula is C5H4N4O. The Balaban J connectivity index is 3.01. The van der Waals surface area contributed by atoms with Crippen molar-refractivity contribution in [3.8, 4) is 0 Å². The number of aromatic amines is 2. The Morgan fingerprint density at radius 1 is 1.40 bits per heavy atom. The first-order valence-electron chi connectivity index (χ1n) is 2.76. The van der Waals surface area contributed by atoms with Crippen LogP contribution in [0.5, 0.6) is 0 Å². The second kappa shape index (κ2) is 1.66. The summed E-state index contributed by atoms with van der Waals surface area (Å²) in [5.74, 6) is 0. The van der Waals surface area contributed by atoms with E-state index >= 15 is 0 Å². The van der Waals surface area contributed by atoms with Crippen molar-refractivity contribution in [2.75, 3.05) is 0 Å². The van der Waals surface area contributed by atoms with Gasteiger partial charge in [-0.2, -0.15) is 5.10 Å². The quantitative estimate of drug-likeness (QED) is 0.519. The van der Waals surface area contributed by atoms with Crippen molar-refractivity contribution in [3.05, 3.63) is 22.7 Å². The van der Waals surface area contributed by atoms with Gasteiger partial charge in [0.15, 0.2) is 5.65 Å². The van der Waals surface area contributed by atoms with Crippen molar-refractivity contribution >= 4 is 11.2 Å². The summed E-state index contributed by atoms with van der Waals surface area (Å²) in [7, 11) is 0. The summed E-state index contributed by atoms with van der Waals surface area (Å²) in [5.41, 5.74) is 0.919. The van der Waals surface area contributed by atoms with Crippen LogP contribution < -0.4 is 5.69 Å². The van der Waals surface area contributed by atoms with Gasteiger partial charge < -0.3 is 4.98 Å². The summed E-state index contributed by atoms with van der Waals surface area (Å²) in [6.45, 7) is 0. The molecule has 0 radical (unpaired) electrons. The topological polar surface area (TPSA) is 74.4 Å². The summed E-state index contributed by atoms with van der Waals surface area (Å²) < 4.78 is 0. The molecule has 2 aromatic rings. The van der Waals surface area contributed by atoms with Gasteiger partial charge in [-0.25, -0.2) is 4.79 Å². The number of hydrogen-bond acceptors (Lipinski definition) is 3. The number of nitrogens with one attached hydrogen (secondary N) is 2. The largest absolute Gasteiger partial charge is 0.325 e. The summed E-state index contributed by atoms with van der Waals surface area (Å²) in [6, 6.07) is 1.68. The van der Waals surface area contributed by atoms with Crippen molar-refractivity contribution in [2.24, 2.45) is 0 Å². The molecule has 0 fully saturated rings. The van der Waals surface area contributed by atoms with Gasteiger partial charge in [-0.05, 0) is 6.07 Å². The van der Waals surface area contributed by atoms with Gasteiger partial charge >= 0.3 is 5.69 Å². The lowest BCUT2D eigenvalue weighted by Gasteiger charge is -1.79. The van der Waals surface area contributed by atoms with Crippen molar-refractivity contribution in [3.63, 3.8) is 0 Å². The van der Waals surface area contributed by atoms with E-state index in [1.165, 1.54) is 6.20 Å². The van der Waals surface area contributed by atoms with E-state index in [1.807, 2.05) is 0 Å². The smallest absolute Gasteiger partial charge is 0.304 e. The second-order valence-electron chi connectivity index (χ2n) is 1.87. The lowest BCUT2D eigenvalue weighted by Crippen LogP contribution is -1.99. The fourth-order valence-electron chi connectivity index (χ4n) is 0.786. The molecule has 5 heteroatoms. The minimum absolute atomic E-state index is 0.254. The first kappa shape index (κ1) is 5.16. The number of aromatic nitrogens is 4. The first-order chi connectivity index (χ1) is 4.86. The molecule has 0 amide bonds. The van der Waals surface area contributed by atoms with Crippen LogP contribution in [0.4, 0.5) is 0 Å². The maximum absolute atomic E-state index is 10.6. The van der Waals surface area contributed by atoms with E-state index in [2.05, 4.69) is 20.2 Å². The Morgan fingerprint density at radius 2 is 2.30 bits per heavy atom. The highest BCUT2D eigenvalue weighted by Crippen LogP contribution is 1.96. The van der Waals surface area contributed by atoms with Gasteiger partial charge in [-0.1, -0.05) is 0 Å². The van der Waals surface area contributed by atoms with Gasteiger partial charge in [0.1, 0.15) is 0 Å². The van der Waals surface area contributed by atoms with Gasteiger partial charge in [-0.15, -0.1) is 5.10 Å². The third-order valence-electron chi connectivity index (χ3n) is 1.20. The summed E-state index contributed by atoms with van der Waals surface area (Å²) >= 11 is 0. The Kier molecular flexibility index (Phi) is 0.858. The van der Waals surface area contributed by atoms with E-state index in [9.17, 15) is 4.79 Å². The van der Waals surface area contributed by atoms with Crippen LogP contribution in [0.25, 0.3) is 11.2 Å². The summed E-state index contributed by atoms with van der Waals surface area (Å²) in [5, 5.41) is 7.25. The fourth-order valence-corrected chi connectivity index (χ4v) is 0.786. The normalized spacial score (nSPS) is 10.4. The molecule has 10 heavy (non-hydrogen) atoms. The summed E-state index contributed by atoms with van der Waals surface area (Å²) in [4.78, 5) is 15.6. The molecule has 0 atom stereocenters. The zero-order chi connectivity index (χ0) is 6.97. The van der Waals surface area contributed by atoms with Crippen LogP contribution in [0.2, 0.25) is 0 Å². The number of hydrogen-bond donors (Lipinski definition) is 2. The Bertz CT molecular complexity index is 365. The molecule has 2 heterocycles. The van der Waals surface area contributed by atoms with E-state index in [1.54, 1.807) is 6.07 Å². The van der Waals surface area contributed by atoms with Crippen LogP contribution in [-0.2, 0) is 0 Å². The highest BCUT2D eigenvalue weighted by atomic mass is 16.1. The summed E-state index contributed by atoms with van der Waals surface area (Å²) in [6.07, 6.45) is 1.52. The molecule has 50 valence electrons. The number of imidazole rings is 1. The average molecular weight is 136 g/mol. The Hall–Kier alpha value is -1.65. The predicted molar refractivity (Wildman–Crippen MR) is 34.5 cm³/mol. The molecule has 0 aliphatic carbocycles. The second-order valence-corrected chi connectivity index (χ2v) is 1.87. The Morgan fingerprint density at radius 3 is 3.10 bits per heavy atom. The van der Waals surface area contributed by atoms with Crippen LogP contribution in [0.1, 0.15) is 0 Å².